The standard InChI is InChI=1S/C15H23N/c1-4-5-13-6-8-14(9-7-13)12(3)16-15-10-11(15)2/h6-9,11-12,15-16H,4-5,10H2,1-3H3. The molecule has 0 radical (unpaired) electrons. The Morgan fingerprint density at radius 1 is 1.31 bits per heavy atom. The Morgan fingerprint density at radius 3 is 2.44 bits per heavy atom. The van der Waals surface area contributed by atoms with Crippen LogP contribution in [-0.2, 0) is 6.42 Å². The highest BCUT2D eigenvalue weighted by Gasteiger charge is 2.33. The Morgan fingerprint density at radius 2 is 1.94 bits per heavy atom. The van der Waals surface area contributed by atoms with Crippen molar-refractivity contribution in [3.8, 4) is 0 Å². The molecule has 88 valence electrons. The van der Waals surface area contributed by atoms with Gasteiger partial charge in [-0.1, -0.05) is 44.5 Å². The average molecular weight is 217 g/mol. The predicted octanol–water partition coefficient (Wildman–Crippen LogP) is 3.70. The van der Waals surface area contributed by atoms with Crippen LogP contribution in [0.4, 0.5) is 0 Å². The summed E-state index contributed by atoms with van der Waals surface area (Å²) in [6, 6.07) is 10.3. The van der Waals surface area contributed by atoms with E-state index in [9.17, 15) is 0 Å². The minimum absolute atomic E-state index is 0.491. The fourth-order valence-corrected chi connectivity index (χ4v) is 2.23. The lowest BCUT2D eigenvalue weighted by Gasteiger charge is -2.14. The molecule has 1 aromatic rings. The number of nitrogens with one attached hydrogen (secondary N) is 1. The molecule has 3 atom stereocenters. The lowest BCUT2D eigenvalue weighted by atomic mass is 10.0. The summed E-state index contributed by atoms with van der Waals surface area (Å²) < 4.78 is 0. The van der Waals surface area contributed by atoms with Crippen LogP contribution in [0.2, 0.25) is 0 Å². The summed E-state index contributed by atoms with van der Waals surface area (Å²) in [6.45, 7) is 6.81. The highest BCUT2D eigenvalue weighted by atomic mass is 15.0. The minimum atomic E-state index is 0.491. The fourth-order valence-electron chi connectivity index (χ4n) is 2.23. The van der Waals surface area contributed by atoms with Crippen LogP contribution in [0.15, 0.2) is 24.3 Å². The quantitative estimate of drug-likeness (QED) is 0.793. The van der Waals surface area contributed by atoms with Gasteiger partial charge in [0.15, 0.2) is 0 Å². The summed E-state index contributed by atoms with van der Waals surface area (Å²) in [5.41, 5.74) is 2.87. The molecular weight excluding hydrogens is 194 g/mol. The highest BCUT2D eigenvalue weighted by Crippen LogP contribution is 2.31. The van der Waals surface area contributed by atoms with E-state index in [1.54, 1.807) is 0 Å². The molecule has 0 amide bonds. The molecule has 0 aromatic heterocycles. The van der Waals surface area contributed by atoms with Gasteiger partial charge in [-0.05, 0) is 36.8 Å². The van der Waals surface area contributed by atoms with Crippen LogP contribution in [0.25, 0.3) is 0 Å². The van der Waals surface area contributed by atoms with Crippen molar-refractivity contribution < 1.29 is 0 Å². The van der Waals surface area contributed by atoms with Gasteiger partial charge in [-0.15, -0.1) is 0 Å². The number of hydrogen-bond donors (Lipinski definition) is 1. The molecule has 1 aromatic carbocycles. The third kappa shape index (κ3) is 2.85. The molecule has 1 N–H and O–H groups in total. The SMILES string of the molecule is CCCc1ccc(C(C)NC2CC2C)cc1. The molecule has 0 bridgehead atoms. The Hall–Kier alpha value is -0.820. The first-order valence-electron chi connectivity index (χ1n) is 6.55. The molecule has 3 unspecified atom stereocenters. The molecule has 2 rings (SSSR count). The van der Waals surface area contributed by atoms with Crippen molar-refractivity contribution in [2.45, 2.75) is 52.1 Å². The van der Waals surface area contributed by atoms with Crippen LogP contribution in [0.3, 0.4) is 0 Å². The van der Waals surface area contributed by atoms with Gasteiger partial charge in [0.1, 0.15) is 0 Å². The summed E-state index contributed by atoms with van der Waals surface area (Å²) in [4.78, 5) is 0. The van der Waals surface area contributed by atoms with Crippen molar-refractivity contribution in [2.24, 2.45) is 5.92 Å². The van der Waals surface area contributed by atoms with Crippen LogP contribution in [0.1, 0.15) is 50.8 Å². The first-order valence-corrected chi connectivity index (χ1v) is 6.55. The van der Waals surface area contributed by atoms with Crippen LogP contribution >= 0.6 is 0 Å². The van der Waals surface area contributed by atoms with Crippen LogP contribution in [0, 0.1) is 5.92 Å². The van der Waals surface area contributed by atoms with Crippen molar-refractivity contribution in [1.29, 1.82) is 0 Å². The van der Waals surface area contributed by atoms with E-state index in [2.05, 4.69) is 50.4 Å². The van der Waals surface area contributed by atoms with Gasteiger partial charge in [0.2, 0.25) is 0 Å². The lowest BCUT2D eigenvalue weighted by Crippen LogP contribution is -2.21. The zero-order valence-corrected chi connectivity index (χ0v) is 10.7. The molecule has 1 aliphatic carbocycles. The van der Waals surface area contributed by atoms with Gasteiger partial charge in [-0.2, -0.15) is 0 Å². The maximum atomic E-state index is 3.67. The summed E-state index contributed by atoms with van der Waals surface area (Å²) in [5.74, 6) is 0.877. The third-order valence-corrected chi connectivity index (χ3v) is 3.59. The van der Waals surface area contributed by atoms with Gasteiger partial charge >= 0.3 is 0 Å². The second-order valence-corrected chi connectivity index (χ2v) is 5.20. The molecule has 1 heteroatoms. The molecule has 1 nitrogen and oxygen atoms in total. The number of aryl methyl sites for hydroxylation is 1. The summed E-state index contributed by atoms with van der Waals surface area (Å²) >= 11 is 0. The maximum absolute atomic E-state index is 3.67. The van der Waals surface area contributed by atoms with Crippen molar-refractivity contribution in [2.75, 3.05) is 0 Å². The fraction of sp³-hybridized carbons (Fsp3) is 0.600. The summed E-state index contributed by atoms with van der Waals surface area (Å²) in [7, 11) is 0. The van der Waals surface area contributed by atoms with Gasteiger partial charge in [-0.3, -0.25) is 0 Å². The normalized spacial score (nSPS) is 25.4. The molecular formula is C15H23N. The Kier molecular flexibility index (Phi) is 3.65. The highest BCUT2D eigenvalue weighted by molar-refractivity contribution is 5.25. The second kappa shape index (κ2) is 5.01. The number of hydrogen-bond acceptors (Lipinski definition) is 1. The van der Waals surface area contributed by atoms with E-state index in [0.717, 1.165) is 12.0 Å². The molecule has 0 heterocycles. The smallest absolute Gasteiger partial charge is 0.0294 e. The van der Waals surface area contributed by atoms with E-state index >= 15 is 0 Å². The molecule has 1 fully saturated rings. The molecule has 1 aliphatic rings. The van der Waals surface area contributed by atoms with Gasteiger partial charge in [0.05, 0.1) is 0 Å². The van der Waals surface area contributed by atoms with E-state index < -0.39 is 0 Å². The van der Waals surface area contributed by atoms with E-state index in [1.807, 2.05) is 0 Å². The number of rotatable bonds is 5. The van der Waals surface area contributed by atoms with E-state index in [1.165, 1.54) is 30.4 Å². The molecule has 0 spiro atoms. The van der Waals surface area contributed by atoms with Gasteiger partial charge < -0.3 is 5.32 Å². The Bertz CT molecular complexity index is 328. The molecule has 0 saturated heterocycles. The molecule has 1 saturated carbocycles. The Labute approximate surface area is 99.3 Å². The molecule has 16 heavy (non-hydrogen) atoms. The van der Waals surface area contributed by atoms with Crippen molar-refractivity contribution in [3.63, 3.8) is 0 Å². The summed E-state index contributed by atoms with van der Waals surface area (Å²) in [5, 5.41) is 3.67. The second-order valence-electron chi connectivity index (χ2n) is 5.20. The first-order chi connectivity index (χ1) is 7.70. The zero-order chi connectivity index (χ0) is 11.5. The number of benzene rings is 1. The average Bonchev–Trinajstić information content (AvgIpc) is 2.95. The van der Waals surface area contributed by atoms with E-state index in [-0.39, 0.29) is 0 Å². The van der Waals surface area contributed by atoms with Crippen molar-refractivity contribution in [1.82, 2.24) is 5.32 Å². The van der Waals surface area contributed by atoms with E-state index in [0.29, 0.717) is 6.04 Å². The molecule has 0 aliphatic heterocycles. The van der Waals surface area contributed by atoms with Gasteiger partial charge in [0.25, 0.3) is 0 Å². The monoisotopic (exact) mass is 217 g/mol. The van der Waals surface area contributed by atoms with Gasteiger partial charge in [-0.25, -0.2) is 0 Å². The van der Waals surface area contributed by atoms with Gasteiger partial charge in [0, 0.05) is 12.1 Å². The van der Waals surface area contributed by atoms with Crippen LogP contribution in [-0.4, -0.2) is 6.04 Å². The Balaban J connectivity index is 1.92. The minimum Gasteiger partial charge on any atom is -0.307 e. The first kappa shape index (κ1) is 11.7. The van der Waals surface area contributed by atoms with Crippen LogP contribution in [0.5, 0.6) is 0 Å². The largest absolute Gasteiger partial charge is 0.307 e. The third-order valence-electron chi connectivity index (χ3n) is 3.59. The summed E-state index contributed by atoms with van der Waals surface area (Å²) in [6.07, 6.45) is 3.77. The van der Waals surface area contributed by atoms with Crippen LogP contribution < -0.4 is 5.32 Å². The lowest BCUT2D eigenvalue weighted by molar-refractivity contribution is 0.552. The zero-order valence-electron chi connectivity index (χ0n) is 10.7. The topological polar surface area (TPSA) is 12.0 Å². The van der Waals surface area contributed by atoms with E-state index in [4.69, 9.17) is 0 Å². The van der Waals surface area contributed by atoms with Crippen molar-refractivity contribution >= 4 is 0 Å². The predicted molar refractivity (Wildman–Crippen MR) is 69.6 cm³/mol. The van der Waals surface area contributed by atoms with Crippen molar-refractivity contribution in [3.05, 3.63) is 35.4 Å². The maximum Gasteiger partial charge on any atom is 0.0294 e.